The summed E-state index contributed by atoms with van der Waals surface area (Å²) in [7, 11) is 0. The van der Waals surface area contributed by atoms with Crippen LogP contribution in [-0.2, 0) is 4.79 Å². The Bertz CT molecular complexity index is 287. The minimum absolute atomic E-state index is 0.390. The number of amides is 1. The van der Waals surface area contributed by atoms with E-state index in [1.54, 1.807) is 0 Å². The van der Waals surface area contributed by atoms with Gasteiger partial charge in [0.1, 0.15) is 0 Å². The van der Waals surface area contributed by atoms with Gasteiger partial charge in [-0.25, -0.2) is 0 Å². The van der Waals surface area contributed by atoms with E-state index >= 15 is 0 Å². The zero-order chi connectivity index (χ0) is 14.2. The first-order valence-electron chi connectivity index (χ1n) is 8.82. The van der Waals surface area contributed by atoms with Crippen LogP contribution >= 0.6 is 0 Å². The van der Waals surface area contributed by atoms with Crippen LogP contribution in [0.15, 0.2) is 0 Å². The number of nitrogens with one attached hydrogen (secondary N) is 1. The highest BCUT2D eigenvalue weighted by atomic mass is 16.2. The van der Waals surface area contributed by atoms with Crippen molar-refractivity contribution in [3.05, 3.63) is 0 Å². The second-order valence-corrected chi connectivity index (χ2v) is 6.61. The first-order valence-corrected chi connectivity index (χ1v) is 8.82. The number of rotatable bonds is 6. The first kappa shape index (κ1) is 15.8. The molecule has 1 unspecified atom stereocenters. The van der Waals surface area contributed by atoms with Crippen molar-refractivity contribution in [3.8, 4) is 0 Å². The van der Waals surface area contributed by atoms with Gasteiger partial charge in [-0.05, 0) is 44.6 Å². The van der Waals surface area contributed by atoms with Crippen LogP contribution in [0.1, 0.15) is 71.1 Å². The smallest absolute Gasteiger partial charge is 0.222 e. The van der Waals surface area contributed by atoms with Crippen molar-refractivity contribution < 1.29 is 4.79 Å². The van der Waals surface area contributed by atoms with Crippen LogP contribution in [0.4, 0.5) is 0 Å². The van der Waals surface area contributed by atoms with E-state index in [-0.39, 0.29) is 0 Å². The molecular weight excluding hydrogens is 248 g/mol. The summed E-state index contributed by atoms with van der Waals surface area (Å²) in [5.74, 6) is 1.17. The molecule has 0 spiro atoms. The Morgan fingerprint density at radius 3 is 2.65 bits per heavy atom. The quantitative estimate of drug-likeness (QED) is 0.809. The van der Waals surface area contributed by atoms with E-state index in [9.17, 15) is 4.79 Å². The molecule has 20 heavy (non-hydrogen) atoms. The largest absolute Gasteiger partial charge is 0.341 e. The van der Waals surface area contributed by atoms with Gasteiger partial charge in [0.25, 0.3) is 0 Å². The summed E-state index contributed by atoms with van der Waals surface area (Å²) in [5.41, 5.74) is 0. The van der Waals surface area contributed by atoms with E-state index in [4.69, 9.17) is 0 Å². The normalized spacial score (nSPS) is 23.6. The fourth-order valence-electron chi connectivity index (χ4n) is 3.72. The molecule has 1 aliphatic heterocycles. The molecule has 116 valence electrons. The van der Waals surface area contributed by atoms with Crippen molar-refractivity contribution in [2.75, 3.05) is 19.6 Å². The van der Waals surface area contributed by atoms with Gasteiger partial charge in [0.05, 0.1) is 0 Å². The molecule has 1 aliphatic carbocycles. The highest BCUT2D eigenvalue weighted by molar-refractivity contribution is 5.76. The lowest BCUT2D eigenvalue weighted by Crippen LogP contribution is -2.48. The van der Waals surface area contributed by atoms with Crippen LogP contribution < -0.4 is 5.32 Å². The monoisotopic (exact) mass is 280 g/mol. The molecule has 2 aliphatic rings. The van der Waals surface area contributed by atoms with Crippen molar-refractivity contribution in [2.45, 2.75) is 77.2 Å². The van der Waals surface area contributed by atoms with Crippen LogP contribution in [-0.4, -0.2) is 36.5 Å². The molecular formula is C17H32N2O. The highest BCUT2D eigenvalue weighted by Gasteiger charge is 2.27. The Hall–Kier alpha value is -0.570. The van der Waals surface area contributed by atoms with E-state index in [1.165, 1.54) is 51.4 Å². The maximum absolute atomic E-state index is 12.2. The average Bonchev–Trinajstić information content (AvgIpc) is 2.69. The molecule has 3 heteroatoms. The molecule has 3 nitrogen and oxygen atoms in total. The molecule has 0 radical (unpaired) electrons. The van der Waals surface area contributed by atoms with Crippen molar-refractivity contribution in [1.29, 1.82) is 0 Å². The van der Waals surface area contributed by atoms with Gasteiger partial charge >= 0.3 is 0 Å². The standard InChI is InChI=1S/C17H32N2O/c1-2-12-18-16(15-9-5-3-6-10-15)14-19-13-8-4-7-11-17(19)20/h15-16,18H,2-14H2,1H3. The molecule has 1 N–H and O–H groups in total. The number of nitrogens with zero attached hydrogens (tertiary/aromatic N) is 1. The molecule has 2 fully saturated rings. The zero-order valence-corrected chi connectivity index (χ0v) is 13.2. The van der Waals surface area contributed by atoms with Gasteiger partial charge in [-0.2, -0.15) is 0 Å². The van der Waals surface area contributed by atoms with Crippen molar-refractivity contribution in [2.24, 2.45) is 5.92 Å². The van der Waals surface area contributed by atoms with Gasteiger partial charge in [-0.15, -0.1) is 0 Å². The number of hydrogen-bond acceptors (Lipinski definition) is 2. The van der Waals surface area contributed by atoms with Gasteiger partial charge in [-0.1, -0.05) is 32.6 Å². The summed E-state index contributed by atoms with van der Waals surface area (Å²) < 4.78 is 0. The lowest BCUT2D eigenvalue weighted by atomic mass is 9.83. The number of carbonyl (C=O) groups excluding carboxylic acids is 1. The molecule has 0 bridgehead atoms. The van der Waals surface area contributed by atoms with Gasteiger partial charge in [0.2, 0.25) is 5.91 Å². The van der Waals surface area contributed by atoms with Crippen LogP contribution in [0.5, 0.6) is 0 Å². The third-order valence-corrected chi connectivity index (χ3v) is 4.96. The summed E-state index contributed by atoms with van der Waals surface area (Å²) in [5, 5.41) is 3.73. The highest BCUT2D eigenvalue weighted by Crippen LogP contribution is 2.27. The van der Waals surface area contributed by atoms with Gasteiger partial charge in [0, 0.05) is 25.6 Å². The molecule has 1 atom stereocenters. The second kappa shape index (κ2) is 8.66. The molecule has 0 aromatic rings. The molecule has 1 saturated heterocycles. The molecule has 0 aromatic heterocycles. The predicted octanol–water partition coefficient (Wildman–Crippen LogP) is 3.34. The SMILES string of the molecule is CCCNC(CN1CCCCCC1=O)C1CCCCC1. The molecule has 1 heterocycles. The Balaban J connectivity index is 1.92. The molecule has 1 saturated carbocycles. The fraction of sp³-hybridized carbons (Fsp3) is 0.941. The summed E-state index contributed by atoms with van der Waals surface area (Å²) in [6, 6.07) is 0.525. The molecule has 2 rings (SSSR count). The predicted molar refractivity (Wildman–Crippen MR) is 83.7 cm³/mol. The Labute approximate surface area is 124 Å². The van der Waals surface area contributed by atoms with Crippen molar-refractivity contribution in [1.82, 2.24) is 10.2 Å². The van der Waals surface area contributed by atoms with E-state index in [1.807, 2.05) is 0 Å². The summed E-state index contributed by atoms with van der Waals surface area (Å²) in [6.45, 7) is 5.24. The Morgan fingerprint density at radius 1 is 1.15 bits per heavy atom. The lowest BCUT2D eigenvalue weighted by Gasteiger charge is -2.35. The summed E-state index contributed by atoms with van der Waals surface area (Å²) >= 11 is 0. The number of likely N-dealkylation sites (tertiary alicyclic amines) is 1. The van der Waals surface area contributed by atoms with Crippen LogP contribution in [0, 0.1) is 5.92 Å². The summed E-state index contributed by atoms with van der Waals surface area (Å²) in [6.07, 6.45) is 12.3. The van der Waals surface area contributed by atoms with Gasteiger partial charge in [-0.3, -0.25) is 4.79 Å². The Morgan fingerprint density at radius 2 is 1.90 bits per heavy atom. The van der Waals surface area contributed by atoms with Crippen LogP contribution in [0.3, 0.4) is 0 Å². The van der Waals surface area contributed by atoms with Gasteiger partial charge < -0.3 is 10.2 Å². The zero-order valence-electron chi connectivity index (χ0n) is 13.2. The average molecular weight is 280 g/mol. The van der Waals surface area contributed by atoms with E-state index in [0.29, 0.717) is 11.9 Å². The summed E-state index contributed by atoms with van der Waals surface area (Å²) in [4.78, 5) is 14.4. The van der Waals surface area contributed by atoms with Crippen molar-refractivity contribution in [3.63, 3.8) is 0 Å². The third kappa shape index (κ3) is 4.76. The number of hydrogen-bond donors (Lipinski definition) is 1. The minimum atomic E-state index is 0.390. The molecule has 0 aromatic carbocycles. The van der Waals surface area contributed by atoms with E-state index in [0.717, 1.165) is 38.4 Å². The molecule has 1 amide bonds. The lowest BCUT2D eigenvalue weighted by molar-refractivity contribution is -0.131. The van der Waals surface area contributed by atoms with Gasteiger partial charge in [0.15, 0.2) is 0 Å². The van der Waals surface area contributed by atoms with Crippen LogP contribution in [0.2, 0.25) is 0 Å². The Kier molecular flexibility index (Phi) is 6.85. The van der Waals surface area contributed by atoms with E-state index in [2.05, 4.69) is 17.1 Å². The van der Waals surface area contributed by atoms with E-state index < -0.39 is 0 Å². The van der Waals surface area contributed by atoms with Crippen molar-refractivity contribution >= 4 is 5.91 Å². The van der Waals surface area contributed by atoms with Crippen LogP contribution in [0.25, 0.3) is 0 Å². The maximum Gasteiger partial charge on any atom is 0.222 e. The maximum atomic E-state index is 12.2. The third-order valence-electron chi connectivity index (χ3n) is 4.96. The minimum Gasteiger partial charge on any atom is -0.341 e. The fourth-order valence-corrected chi connectivity index (χ4v) is 3.72. The number of carbonyl (C=O) groups is 1. The topological polar surface area (TPSA) is 32.3 Å². The second-order valence-electron chi connectivity index (χ2n) is 6.61. The first-order chi connectivity index (χ1) is 9.81.